The molecule has 0 atom stereocenters. The van der Waals surface area contributed by atoms with Crippen molar-refractivity contribution in [3.05, 3.63) is 130 Å². The SMILES string of the molecule is OC1(C(Br)=C=C2c3ccccc3-c3ccccc32)c2ccccc2-c2ccccc21. The van der Waals surface area contributed by atoms with Crippen LogP contribution < -0.4 is 0 Å². The van der Waals surface area contributed by atoms with Crippen molar-refractivity contribution in [2.24, 2.45) is 0 Å². The number of fused-ring (bicyclic) bond motifs is 6. The first-order valence-corrected chi connectivity index (χ1v) is 10.8. The van der Waals surface area contributed by atoms with Crippen molar-refractivity contribution in [2.45, 2.75) is 5.60 Å². The molecule has 6 rings (SSSR count). The summed E-state index contributed by atoms with van der Waals surface area (Å²) in [6, 6.07) is 32.9. The van der Waals surface area contributed by atoms with Gasteiger partial charge in [0.25, 0.3) is 0 Å². The van der Waals surface area contributed by atoms with Crippen molar-refractivity contribution >= 4 is 21.5 Å². The Balaban J connectivity index is 1.68. The number of halogens is 1. The molecule has 1 N–H and O–H groups in total. The molecule has 142 valence electrons. The minimum atomic E-state index is -1.27. The number of benzene rings is 4. The Hall–Kier alpha value is -3.16. The van der Waals surface area contributed by atoms with Crippen LogP contribution in [-0.2, 0) is 5.60 Å². The Morgan fingerprint density at radius 1 is 0.567 bits per heavy atom. The zero-order valence-electron chi connectivity index (χ0n) is 16.1. The van der Waals surface area contributed by atoms with E-state index in [1.165, 1.54) is 11.1 Å². The maximum Gasteiger partial charge on any atom is 0.155 e. The fourth-order valence-electron chi connectivity index (χ4n) is 4.80. The molecule has 0 unspecified atom stereocenters. The van der Waals surface area contributed by atoms with Crippen LogP contribution in [0.3, 0.4) is 0 Å². The predicted octanol–water partition coefficient (Wildman–Crippen LogP) is 6.89. The molecule has 0 saturated carbocycles. The van der Waals surface area contributed by atoms with E-state index in [0.717, 1.165) is 39.0 Å². The van der Waals surface area contributed by atoms with E-state index in [-0.39, 0.29) is 0 Å². The van der Waals surface area contributed by atoms with Gasteiger partial charge in [0.2, 0.25) is 0 Å². The second-order valence-corrected chi connectivity index (χ2v) is 8.50. The summed E-state index contributed by atoms with van der Waals surface area (Å²) in [5, 5.41) is 12.1. The first-order valence-electron chi connectivity index (χ1n) is 9.97. The standard InChI is InChI=1S/C28H17BrO/c29-27(17-24-20-11-3-1-9-18(20)19-10-2-4-12-21(19)24)28(30)25-15-7-5-13-22(25)23-14-6-8-16-26(23)28/h1-16,30H. The zero-order chi connectivity index (χ0) is 20.3. The van der Waals surface area contributed by atoms with E-state index in [0.29, 0.717) is 4.48 Å². The first kappa shape index (κ1) is 17.7. The second-order valence-electron chi connectivity index (χ2n) is 7.71. The molecular weight excluding hydrogens is 432 g/mol. The average molecular weight is 449 g/mol. The number of hydrogen-bond donors (Lipinski definition) is 1. The summed E-state index contributed by atoms with van der Waals surface area (Å²) in [7, 11) is 0. The van der Waals surface area contributed by atoms with Gasteiger partial charge in [0.1, 0.15) is 0 Å². The van der Waals surface area contributed by atoms with E-state index in [9.17, 15) is 5.11 Å². The van der Waals surface area contributed by atoms with Gasteiger partial charge in [-0.1, -0.05) is 103 Å². The van der Waals surface area contributed by atoms with Crippen LogP contribution in [0.1, 0.15) is 22.3 Å². The summed E-state index contributed by atoms with van der Waals surface area (Å²) >= 11 is 3.75. The van der Waals surface area contributed by atoms with Gasteiger partial charge in [-0.2, -0.15) is 0 Å². The largest absolute Gasteiger partial charge is 0.375 e. The summed E-state index contributed by atoms with van der Waals surface area (Å²) in [6.07, 6.45) is 0. The lowest BCUT2D eigenvalue weighted by molar-refractivity contribution is 0.136. The molecule has 0 spiro atoms. The molecule has 4 aromatic carbocycles. The summed E-state index contributed by atoms with van der Waals surface area (Å²) in [5.74, 6) is 0. The van der Waals surface area contributed by atoms with Crippen LogP contribution in [0.25, 0.3) is 27.8 Å². The topological polar surface area (TPSA) is 20.2 Å². The quantitative estimate of drug-likeness (QED) is 0.276. The van der Waals surface area contributed by atoms with Crippen molar-refractivity contribution in [1.29, 1.82) is 0 Å². The Labute approximate surface area is 183 Å². The summed E-state index contributed by atoms with van der Waals surface area (Å²) in [5.41, 5.74) is 11.9. The van der Waals surface area contributed by atoms with Gasteiger partial charge in [0.05, 0.1) is 4.48 Å². The highest BCUT2D eigenvalue weighted by Crippen LogP contribution is 2.53. The molecule has 0 amide bonds. The summed E-state index contributed by atoms with van der Waals surface area (Å²) < 4.78 is 0.619. The van der Waals surface area contributed by atoms with E-state index < -0.39 is 5.60 Å². The van der Waals surface area contributed by atoms with E-state index in [2.05, 4.69) is 82.3 Å². The second kappa shape index (κ2) is 6.42. The van der Waals surface area contributed by atoms with Crippen molar-refractivity contribution in [1.82, 2.24) is 0 Å². The molecule has 2 aliphatic carbocycles. The molecule has 0 aromatic heterocycles. The lowest BCUT2D eigenvalue weighted by Gasteiger charge is -2.24. The third-order valence-electron chi connectivity index (χ3n) is 6.16. The summed E-state index contributed by atoms with van der Waals surface area (Å²) in [4.78, 5) is 0. The lowest BCUT2D eigenvalue weighted by Crippen LogP contribution is -2.24. The number of hydrogen-bond acceptors (Lipinski definition) is 1. The Morgan fingerprint density at radius 2 is 0.933 bits per heavy atom. The van der Waals surface area contributed by atoms with Crippen LogP contribution in [0.4, 0.5) is 0 Å². The summed E-state index contributed by atoms with van der Waals surface area (Å²) in [6.45, 7) is 0. The van der Waals surface area contributed by atoms with Gasteiger partial charge < -0.3 is 5.11 Å². The van der Waals surface area contributed by atoms with Gasteiger partial charge in [0, 0.05) is 16.7 Å². The molecule has 0 bridgehead atoms. The fraction of sp³-hybridized carbons (Fsp3) is 0.0357. The molecule has 0 radical (unpaired) electrons. The number of rotatable bonds is 1. The maximum atomic E-state index is 12.1. The van der Waals surface area contributed by atoms with E-state index in [1.54, 1.807) is 0 Å². The van der Waals surface area contributed by atoms with Gasteiger partial charge in [-0.3, -0.25) is 0 Å². The van der Waals surface area contributed by atoms with Gasteiger partial charge >= 0.3 is 0 Å². The van der Waals surface area contributed by atoms with Crippen LogP contribution in [0.2, 0.25) is 0 Å². The monoisotopic (exact) mass is 448 g/mol. The molecule has 2 heteroatoms. The lowest BCUT2D eigenvalue weighted by atomic mass is 9.90. The van der Waals surface area contributed by atoms with Crippen molar-refractivity contribution in [3.63, 3.8) is 0 Å². The third-order valence-corrected chi connectivity index (χ3v) is 6.93. The number of aliphatic hydroxyl groups is 1. The zero-order valence-corrected chi connectivity index (χ0v) is 17.6. The Morgan fingerprint density at radius 3 is 1.40 bits per heavy atom. The highest BCUT2D eigenvalue weighted by atomic mass is 79.9. The predicted molar refractivity (Wildman–Crippen MR) is 125 cm³/mol. The highest BCUT2D eigenvalue weighted by Gasteiger charge is 2.44. The molecule has 30 heavy (non-hydrogen) atoms. The average Bonchev–Trinajstić information content (AvgIpc) is 3.26. The Kier molecular flexibility index (Phi) is 3.78. The third kappa shape index (κ3) is 2.27. The van der Waals surface area contributed by atoms with Gasteiger partial charge in [0.15, 0.2) is 5.60 Å². The highest BCUT2D eigenvalue weighted by molar-refractivity contribution is 9.11. The van der Waals surface area contributed by atoms with E-state index in [1.807, 2.05) is 36.4 Å². The Bertz CT molecular complexity index is 1310. The molecule has 4 aromatic rings. The molecule has 0 fully saturated rings. The normalized spacial score (nSPS) is 14.4. The van der Waals surface area contributed by atoms with Gasteiger partial charge in [-0.25, -0.2) is 0 Å². The molecule has 0 aliphatic heterocycles. The first-order chi connectivity index (χ1) is 14.7. The van der Waals surface area contributed by atoms with Crippen LogP contribution in [0.15, 0.2) is 107 Å². The van der Waals surface area contributed by atoms with Gasteiger partial charge in [-0.05, 0) is 49.3 Å². The molecule has 0 saturated heterocycles. The van der Waals surface area contributed by atoms with Crippen LogP contribution in [-0.4, -0.2) is 5.11 Å². The van der Waals surface area contributed by atoms with Crippen LogP contribution in [0, 0.1) is 0 Å². The smallest absolute Gasteiger partial charge is 0.155 e. The van der Waals surface area contributed by atoms with Gasteiger partial charge in [-0.15, -0.1) is 0 Å². The maximum absolute atomic E-state index is 12.1. The fourth-order valence-corrected chi connectivity index (χ4v) is 5.43. The molecular formula is C28H17BrO. The molecule has 0 heterocycles. The van der Waals surface area contributed by atoms with Crippen LogP contribution >= 0.6 is 15.9 Å². The van der Waals surface area contributed by atoms with E-state index >= 15 is 0 Å². The van der Waals surface area contributed by atoms with Crippen molar-refractivity contribution in [3.8, 4) is 22.3 Å². The van der Waals surface area contributed by atoms with Crippen LogP contribution in [0.5, 0.6) is 0 Å². The minimum Gasteiger partial charge on any atom is -0.375 e. The van der Waals surface area contributed by atoms with Crippen molar-refractivity contribution < 1.29 is 5.11 Å². The molecule has 1 nitrogen and oxygen atoms in total. The van der Waals surface area contributed by atoms with E-state index in [4.69, 9.17) is 0 Å². The van der Waals surface area contributed by atoms with Crippen molar-refractivity contribution in [2.75, 3.05) is 0 Å². The minimum absolute atomic E-state index is 0.619. The molecule has 2 aliphatic rings.